The van der Waals surface area contributed by atoms with E-state index in [0.29, 0.717) is 10.9 Å². The van der Waals surface area contributed by atoms with Crippen molar-refractivity contribution in [3.8, 4) is 0 Å². The summed E-state index contributed by atoms with van der Waals surface area (Å²) in [6.45, 7) is 13.0. The SMILES string of the molecule is C=C(CC(=O)N[C@@H](Cc1ccccc1)C(=O)OC(C)(C)C)[N+](C)(C)CCCCCCCCCCCCCC. The molecule has 0 aliphatic heterocycles. The Hall–Kier alpha value is -2.14. The number of unbranched alkanes of at least 4 members (excludes halogenated alkanes) is 11. The normalized spacial score (nSPS) is 12.7. The van der Waals surface area contributed by atoms with Crippen molar-refractivity contribution in [2.75, 3.05) is 20.6 Å². The molecule has 1 aromatic rings. The van der Waals surface area contributed by atoms with Gasteiger partial charge in [0, 0.05) is 6.42 Å². The lowest BCUT2D eigenvalue weighted by Crippen LogP contribution is -2.47. The Kier molecular flexibility index (Phi) is 16.2. The summed E-state index contributed by atoms with van der Waals surface area (Å²) in [5, 5.41) is 2.92. The zero-order chi connectivity index (χ0) is 28.4. The van der Waals surface area contributed by atoms with Gasteiger partial charge in [-0.25, -0.2) is 4.79 Å². The van der Waals surface area contributed by atoms with Gasteiger partial charge in [-0.1, -0.05) is 101 Å². The quantitative estimate of drug-likeness (QED) is 0.107. The Balaban J connectivity index is 2.41. The van der Waals surface area contributed by atoms with E-state index in [9.17, 15) is 9.59 Å². The van der Waals surface area contributed by atoms with Gasteiger partial charge in [0.1, 0.15) is 23.8 Å². The first kappa shape index (κ1) is 33.9. The largest absolute Gasteiger partial charge is 0.458 e. The van der Waals surface area contributed by atoms with Gasteiger partial charge in [-0.3, -0.25) is 9.28 Å². The highest BCUT2D eigenvalue weighted by Crippen LogP contribution is 2.18. The summed E-state index contributed by atoms with van der Waals surface area (Å²) in [5.74, 6) is -0.603. The van der Waals surface area contributed by atoms with Gasteiger partial charge in [-0.2, -0.15) is 0 Å². The molecule has 0 aliphatic carbocycles. The Morgan fingerprint density at radius 3 is 1.87 bits per heavy atom. The molecule has 0 fully saturated rings. The van der Waals surface area contributed by atoms with Crippen LogP contribution in [0.1, 0.15) is 117 Å². The number of carbonyl (C=O) groups excluding carboxylic acids is 2. The van der Waals surface area contributed by atoms with Gasteiger partial charge in [0.25, 0.3) is 0 Å². The summed E-state index contributed by atoms with van der Waals surface area (Å²) in [7, 11) is 4.23. The summed E-state index contributed by atoms with van der Waals surface area (Å²) in [6, 6.07) is 8.98. The minimum atomic E-state index is -0.733. The molecule has 0 radical (unpaired) electrons. The van der Waals surface area contributed by atoms with Crippen molar-refractivity contribution in [2.45, 2.75) is 129 Å². The lowest BCUT2D eigenvalue weighted by molar-refractivity contribution is -0.853. The van der Waals surface area contributed by atoms with Crippen LogP contribution in [0.15, 0.2) is 42.6 Å². The topological polar surface area (TPSA) is 55.4 Å². The minimum absolute atomic E-state index is 0.192. The Bertz CT molecular complexity index is 811. The number of nitrogens with zero attached hydrogens (tertiary/aromatic N) is 1. The third-order valence-corrected chi connectivity index (χ3v) is 7.10. The molecule has 1 N–H and O–H groups in total. The summed E-state index contributed by atoms with van der Waals surface area (Å²) >= 11 is 0. The highest BCUT2D eigenvalue weighted by atomic mass is 16.6. The van der Waals surface area contributed by atoms with Crippen LogP contribution >= 0.6 is 0 Å². The van der Waals surface area contributed by atoms with Gasteiger partial charge in [0.15, 0.2) is 0 Å². The van der Waals surface area contributed by atoms with Crippen LogP contribution in [-0.4, -0.2) is 48.6 Å². The van der Waals surface area contributed by atoms with Crippen molar-refractivity contribution >= 4 is 11.9 Å². The van der Waals surface area contributed by atoms with E-state index in [1.165, 1.54) is 70.6 Å². The maximum Gasteiger partial charge on any atom is 0.329 e. The lowest BCUT2D eigenvalue weighted by atomic mass is 10.0. The van der Waals surface area contributed by atoms with Gasteiger partial charge < -0.3 is 10.1 Å². The maximum absolute atomic E-state index is 13.0. The van der Waals surface area contributed by atoms with Crippen LogP contribution in [0.3, 0.4) is 0 Å². The molecular weight excluding hydrogens is 472 g/mol. The molecule has 0 spiro atoms. The van der Waals surface area contributed by atoms with Crippen LogP contribution in [0, 0.1) is 0 Å². The molecule has 0 unspecified atom stereocenters. The van der Waals surface area contributed by atoms with Crippen molar-refractivity contribution < 1.29 is 18.8 Å². The van der Waals surface area contributed by atoms with E-state index in [4.69, 9.17) is 4.74 Å². The second-order valence-corrected chi connectivity index (χ2v) is 12.4. The van der Waals surface area contributed by atoms with Gasteiger partial charge in [0.2, 0.25) is 5.91 Å². The van der Waals surface area contributed by atoms with Crippen LogP contribution < -0.4 is 5.32 Å². The first-order chi connectivity index (χ1) is 17.9. The molecule has 0 saturated carbocycles. The van der Waals surface area contributed by atoms with Crippen molar-refractivity contribution in [2.24, 2.45) is 0 Å². The molecule has 0 aliphatic rings. The van der Waals surface area contributed by atoms with Gasteiger partial charge in [-0.05, 0) is 45.8 Å². The van der Waals surface area contributed by atoms with Crippen LogP contribution in [0.2, 0.25) is 0 Å². The smallest absolute Gasteiger partial charge is 0.329 e. The number of esters is 1. The number of ether oxygens (including phenoxy) is 1. The number of hydrogen-bond donors (Lipinski definition) is 1. The molecule has 5 nitrogen and oxygen atoms in total. The number of amides is 1. The zero-order valence-electron chi connectivity index (χ0n) is 25.4. The first-order valence-electron chi connectivity index (χ1n) is 15.0. The fourth-order valence-corrected chi connectivity index (χ4v) is 4.57. The van der Waals surface area contributed by atoms with E-state index in [0.717, 1.165) is 24.2 Å². The second kappa shape index (κ2) is 18.2. The first-order valence-corrected chi connectivity index (χ1v) is 15.0. The van der Waals surface area contributed by atoms with Crippen molar-refractivity contribution in [1.82, 2.24) is 5.32 Å². The Morgan fingerprint density at radius 2 is 1.37 bits per heavy atom. The molecule has 0 saturated heterocycles. The van der Waals surface area contributed by atoms with Crippen LogP contribution in [0.25, 0.3) is 0 Å². The fourth-order valence-electron chi connectivity index (χ4n) is 4.57. The fraction of sp³-hybridized carbons (Fsp3) is 0.697. The number of carbonyl (C=O) groups is 2. The predicted octanol–water partition coefficient (Wildman–Crippen LogP) is 7.74. The standard InChI is InChI=1S/C33H56N2O3/c1-8-9-10-11-12-13-14-15-16-17-18-22-25-35(6,7)28(2)26-31(36)34-30(32(37)38-33(3,4)5)27-29-23-20-19-21-24-29/h19-21,23-24,30H,2,8-18,22,25-27H2,1,3-7H3/p+1/t30-/m0/s1. The average molecular weight is 530 g/mol. The molecule has 1 amide bonds. The molecule has 0 aromatic heterocycles. The van der Waals surface area contributed by atoms with Crippen molar-refractivity contribution in [1.29, 1.82) is 0 Å². The van der Waals surface area contributed by atoms with E-state index >= 15 is 0 Å². The van der Waals surface area contributed by atoms with E-state index in [-0.39, 0.29) is 12.3 Å². The number of benzene rings is 1. The third-order valence-electron chi connectivity index (χ3n) is 7.10. The highest BCUT2D eigenvalue weighted by molar-refractivity contribution is 5.85. The zero-order valence-corrected chi connectivity index (χ0v) is 25.4. The summed E-state index contributed by atoms with van der Waals surface area (Å²) in [6.07, 6.45) is 16.5. The number of rotatable bonds is 20. The van der Waals surface area contributed by atoms with Crippen LogP contribution in [0.5, 0.6) is 0 Å². The maximum atomic E-state index is 13.0. The summed E-state index contributed by atoms with van der Waals surface area (Å²) < 4.78 is 6.20. The molecule has 0 bridgehead atoms. The summed E-state index contributed by atoms with van der Waals surface area (Å²) in [5.41, 5.74) is 1.21. The lowest BCUT2D eigenvalue weighted by Gasteiger charge is -2.31. The van der Waals surface area contributed by atoms with E-state index < -0.39 is 17.6 Å². The van der Waals surface area contributed by atoms with Gasteiger partial charge >= 0.3 is 5.97 Å². The summed E-state index contributed by atoms with van der Waals surface area (Å²) in [4.78, 5) is 25.8. The Morgan fingerprint density at radius 1 is 0.868 bits per heavy atom. The molecule has 1 rings (SSSR count). The average Bonchev–Trinajstić information content (AvgIpc) is 2.83. The molecule has 1 atom stereocenters. The molecular formula is C33H57N2O3+. The predicted molar refractivity (Wildman–Crippen MR) is 160 cm³/mol. The van der Waals surface area contributed by atoms with E-state index in [2.05, 4.69) is 32.9 Å². The van der Waals surface area contributed by atoms with Gasteiger partial charge in [0.05, 0.1) is 20.6 Å². The molecule has 216 valence electrons. The number of nitrogens with one attached hydrogen (secondary N) is 1. The number of quaternary nitrogens is 1. The van der Waals surface area contributed by atoms with Crippen LogP contribution in [-0.2, 0) is 20.7 Å². The third kappa shape index (κ3) is 16.0. The minimum Gasteiger partial charge on any atom is -0.458 e. The van der Waals surface area contributed by atoms with Crippen molar-refractivity contribution in [3.63, 3.8) is 0 Å². The Labute approximate surface area is 234 Å². The highest BCUT2D eigenvalue weighted by Gasteiger charge is 2.29. The van der Waals surface area contributed by atoms with Crippen LogP contribution in [0.4, 0.5) is 0 Å². The molecule has 38 heavy (non-hydrogen) atoms. The second-order valence-electron chi connectivity index (χ2n) is 12.4. The van der Waals surface area contributed by atoms with E-state index in [1.54, 1.807) is 0 Å². The number of hydrogen-bond acceptors (Lipinski definition) is 3. The molecule has 0 heterocycles. The molecule has 1 aromatic carbocycles. The van der Waals surface area contributed by atoms with Crippen molar-refractivity contribution in [3.05, 3.63) is 48.2 Å². The van der Waals surface area contributed by atoms with Gasteiger partial charge in [-0.15, -0.1) is 0 Å². The van der Waals surface area contributed by atoms with E-state index in [1.807, 2.05) is 51.1 Å². The molecule has 5 heteroatoms. The monoisotopic (exact) mass is 529 g/mol.